The second-order valence-corrected chi connectivity index (χ2v) is 5.88. The largest absolute Gasteiger partial charge is 0.324 e. The molecule has 0 bridgehead atoms. The van der Waals surface area contributed by atoms with Crippen LogP contribution in [0.2, 0.25) is 0 Å². The first-order valence-electron chi connectivity index (χ1n) is 7.44. The van der Waals surface area contributed by atoms with Gasteiger partial charge in [-0.05, 0) is 57.7 Å². The fourth-order valence-corrected chi connectivity index (χ4v) is 2.91. The molecule has 0 aliphatic carbocycles. The summed E-state index contributed by atoms with van der Waals surface area (Å²) in [5, 5.41) is 3.00. The molecular formula is C16H25N3O. The van der Waals surface area contributed by atoms with Crippen LogP contribution in [0, 0.1) is 0 Å². The Kier molecular flexibility index (Phi) is 4.65. The maximum atomic E-state index is 12.5. The molecule has 4 nitrogen and oxygen atoms in total. The smallest absolute Gasteiger partial charge is 0.322 e. The number of likely N-dealkylation sites (tertiary alicyclic amines) is 1. The lowest BCUT2D eigenvalue weighted by molar-refractivity contribution is 0.133. The number of anilines is 1. The second-order valence-electron chi connectivity index (χ2n) is 5.88. The van der Waals surface area contributed by atoms with Crippen LogP contribution >= 0.6 is 0 Å². The molecule has 1 aromatic rings. The minimum Gasteiger partial charge on any atom is -0.324 e. The molecule has 1 heterocycles. The summed E-state index contributed by atoms with van der Waals surface area (Å²) in [6.45, 7) is 6.18. The summed E-state index contributed by atoms with van der Waals surface area (Å²) in [6.07, 6.45) is 3.36. The van der Waals surface area contributed by atoms with Crippen molar-refractivity contribution >= 4 is 11.7 Å². The highest BCUT2D eigenvalue weighted by molar-refractivity contribution is 5.89. The van der Waals surface area contributed by atoms with E-state index in [2.05, 4.69) is 19.2 Å². The van der Waals surface area contributed by atoms with Gasteiger partial charge in [-0.1, -0.05) is 12.1 Å². The van der Waals surface area contributed by atoms with Crippen molar-refractivity contribution in [3.05, 3.63) is 29.8 Å². The van der Waals surface area contributed by atoms with Gasteiger partial charge in [0.1, 0.15) is 0 Å². The number of piperidine rings is 1. The zero-order valence-electron chi connectivity index (χ0n) is 12.6. The Morgan fingerprint density at radius 1 is 1.35 bits per heavy atom. The topological polar surface area (TPSA) is 58.4 Å². The average molecular weight is 275 g/mol. The molecule has 3 N–H and O–H groups in total. The lowest BCUT2D eigenvalue weighted by atomic mass is 9.98. The number of carbonyl (C=O) groups excluding carboxylic acids is 1. The molecule has 110 valence electrons. The van der Waals surface area contributed by atoms with Gasteiger partial charge in [0.15, 0.2) is 0 Å². The SMILES string of the molecule is CC(N)c1cccc(NC(=O)N2C(C)CCCC2C)c1. The molecule has 0 radical (unpaired) electrons. The highest BCUT2D eigenvalue weighted by atomic mass is 16.2. The van der Waals surface area contributed by atoms with Gasteiger partial charge in [-0.2, -0.15) is 0 Å². The molecule has 20 heavy (non-hydrogen) atoms. The van der Waals surface area contributed by atoms with Crippen molar-refractivity contribution in [1.29, 1.82) is 0 Å². The van der Waals surface area contributed by atoms with E-state index < -0.39 is 0 Å². The van der Waals surface area contributed by atoms with Gasteiger partial charge >= 0.3 is 6.03 Å². The molecule has 1 aromatic carbocycles. The maximum Gasteiger partial charge on any atom is 0.322 e. The Morgan fingerprint density at radius 3 is 2.60 bits per heavy atom. The van der Waals surface area contributed by atoms with E-state index >= 15 is 0 Å². The summed E-state index contributed by atoms with van der Waals surface area (Å²) in [5.41, 5.74) is 7.72. The molecule has 1 aliphatic rings. The first kappa shape index (κ1) is 14.9. The molecule has 0 spiro atoms. The molecule has 2 rings (SSSR count). The Hall–Kier alpha value is -1.55. The minimum atomic E-state index is -0.0281. The first-order chi connectivity index (χ1) is 9.49. The van der Waals surface area contributed by atoms with Gasteiger partial charge in [0.05, 0.1) is 0 Å². The number of nitrogens with two attached hydrogens (primary N) is 1. The number of carbonyl (C=O) groups is 1. The quantitative estimate of drug-likeness (QED) is 0.868. The Morgan fingerprint density at radius 2 is 2.00 bits per heavy atom. The molecule has 2 amide bonds. The average Bonchev–Trinajstić information content (AvgIpc) is 2.38. The molecule has 3 atom stereocenters. The number of amides is 2. The Bertz CT molecular complexity index is 463. The van der Waals surface area contributed by atoms with E-state index in [4.69, 9.17) is 5.73 Å². The van der Waals surface area contributed by atoms with E-state index in [1.807, 2.05) is 36.1 Å². The third kappa shape index (κ3) is 3.31. The van der Waals surface area contributed by atoms with Crippen LogP contribution in [0.4, 0.5) is 10.5 Å². The second kappa shape index (κ2) is 6.27. The zero-order chi connectivity index (χ0) is 14.7. The molecule has 1 fully saturated rings. The van der Waals surface area contributed by atoms with E-state index in [-0.39, 0.29) is 12.1 Å². The van der Waals surface area contributed by atoms with Gasteiger partial charge in [0, 0.05) is 23.8 Å². The van der Waals surface area contributed by atoms with Crippen LogP contribution in [0.1, 0.15) is 51.6 Å². The lowest BCUT2D eigenvalue weighted by Crippen LogP contribution is -2.49. The van der Waals surface area contributed by atoms with Crippen molar-refractivity contribution in [2.45, 2.75) is 58.2 Å². The number of hydrogen-bond donors (Lipinski definition) is 2. The standard InChI is InChI=1S/C16H25N3O/c1-11-6-4-7-12(2)19(11)16(20)18-15-9-5-8-14(10-15)13(3)17/h5,8-13H,4,6-7,17H2,1-3H3,(H,18,20). The molecule has 1 aliphatic heterocycles. The zero-order valence-corrected chi connectivity index (χ0v) is 12.6. The van der Waals surface area contributed by atoms with Crippen LogP contribution in [0.15, 0.2) is 24.3 Å². The summed E-state index contributed by atoms with van der Waals surface area (Å²) < 4.78 is 0. The first-order valence-corrected chi connectivity index (χ1v) is 7.44. The van der Waals surface area contributed by atoms with Crippen molar-refractivity contribution < 1.29 is 4.79 Å². The predicted octanol–water partition coefficient (Wildman–Crippen LogP) is 3.50. The number of nitrogens with one attached hydrogen (secondary N) is 1. The fraction of sp³-hybridized carbons (Fsp3) is 0.562. The van der Waals surface area contributed by atoms with Gasteiger partial charge in [0.25, 0.3) is 0 Å². The number of rotatable bonds is 2. The highest BCUT2D eigenvalue weighted by Gasteiger charge is 2.28. The van der Waals surface area contributed by atoms with Gasteiger partial charge in [0.2, 0.25) is 0 Å². The summed E-state index contributed by atoms with van der Waals surface area (Å²) in [4.78, 5) is 14.4. The van der Waals surface area contributed by atoms with E-state index in [1.54, 1.807) is 0 Å². The predicted molar refractivity (Wildman–Crippen MR) is 82.7 cm³/mol. The lowest BCUT2D eigenvalue weighted by Gasteiger charge is -2.38. The normalized spacial score (nSPS) is 24.3. The highest BCUT2D eigenvalue weighted by Crippen LogP contribution is 2.24. The van der Waals surface area contributed by atoms with Gasteiger partial charge in [-0.3, -0.25) is 0 Å². The van der Waals surface area contributed by atoms with Crippen molar-refractivity contribution in [1.82, 2.24) is 4.90 Å². The fourth-order valence-electron chi connectivity index (χ4n) is 2.91. The van der Waals surface area contributed by atoms with E-state index in [0.29, 0.717) is 12.1 Å². The van der Waals surface area contributed by atoms with Crippen LogP contribution < -0.4 is 11.1 Å². The minimum absolute atomic E-state index is 0.00785. The van der Waals surface area contributed by atoms with Crippen molar-refractivity contribution in [3.8, 4) is 0 Å². The molecule has 0 saturated carbocycles. The van der Waals surface area contributed by atoms with E-state index in [1.165, 1.54) is 6.42 Å². The number of urea groups is 1. The van der Waals surface area contributed by atoms with E-state index in [9.17, 15) is 4.79 Å². The van der Waals surface area contributed by atoms with Crippen LogP contribution in [-0.4, -0.2) is 23.0 Å². The third-order valence-electron chi connectivity index (χ3n) is 4.09. The monoisotopic (exact) mass is 275 g/mol. The van der Waals surface area contributed by atoms with Crippen LogP contribution in [0.25, 0.3) is 0 Å². The summed E-state index contributed by atoms with van der Waals surface area (Å²) in [6, 6.07) is 8.33. The van der Waals surface area contributed by atoms with Gasteiger partial charge < -0.3 is 16.0 Å². The van der Waals surface area contributed by atoms with Gasteiger partial charge in [-0.15, -0.1) is 0 Å². The number of benzene rings is 1. The summed E-state index contributed by atoms with van der Waals surface area (Å²) >= 11 is 0. The molecule has 4 heteroatoms. The molecule has 0 aromatic heterocycles. The van der Waals surface area contributed by atoms with Crippen molar-refractivity contribution in [3.63, 3.8) is 0 Å². The molecule has 1 saturated heterocycles. The Labute approximate surface area is 121 Å². The molecular weight excluding hydrogens is 250 g/mol. The number of hydrogen-bond acceptors (Lipinski definition) is 2. The summed E-state index contributed by atoms with van der Waals surface area (Å²) in [5.74, 6) is 0. The Balaban J connectivity index is 2.09. The number of nitrogens with zero attached hydrogens (tertiary/aromatic N) is 1. The van der Waals surface area contributed by atoms with Crippen molar-refractivity contribution in [2.75, 3.05) is 5.32 Å². The molecule has 3 unspecified atom stereocenters. The summed E-state index contributed by atoms with van der Waals surface area (Å²) in [7, 11) is 0. The van der Waals surface area contributed by atoms with Crippen LogP contribution in [-0.2, 0) is 0 Å². The maximum absolute atomic E-state index is 12.5. The van der Waals surface area contributed by atoms with Crippen LogP contribution in [0.5, 0.6) is 0 Å². The van der Waals surface area contributed by atoms with Gasteiger partial charge in [-0.25, -0.2) is 4.79 Å². The van der Waals surface area contributed by atoms with Crippen molar-refractivity contribution in [2.24, 2.45) is 5.73 Å². The third-order valence-corrected chi connectivity index (χ3v) is 4.09. The van der Waals surface area contributed by atoms with Crippen LogP contribution in [0.3, 0.4) is 0 Å². The van der Waals surface area contributed by atoms with E-state index in [0.717, 1.165) is 24.1 Å².